The van der Waals surface area contributed by atoms with Gasteiger partial charge in [0.05, 0.1) is 12.4 Å². The number of aromatic nitrogens is 3. The van der Waals surface area contributed by atoms with Gasteiger partial charge in [0.15, 0.2) is 0 Å². The first-order chi connectivity index (χ1) is 10.3. The minimum atomic E-state index is 0.224. The molecule has 21 heavy (non-hydrogen) atoms. The number of imidazole rings is 1. The van der Waals surface area contributed by atoms with E-state index in [0.29, 0.717) is 0 Å². The van der Waals surface area contributed by atoms with Crippen LogP contribution in [0.15, 0.2) is 67.5 Å². The molecule has 4 heteroatoms. The minimum Gasteiger partial charge on any atom is -0.378 e. The Bertz CT molecular complexity index is 677. The third-order valence-corrected chi connectivity index (χ3v) is 3.42. The summed E-state index contributed by atoms with van der Waals surface area (Å²) in [6, 6.07) is 12.7. The molecule has 3 aromatic rings. The number of nitrogens with one attached hydrogen (secondary N) is 1. The SMILES string of the molecule is CC(Nc1cccc(Cn2ccnc2)c1)c1cccnc1. The van der Waals surface area contributed by atoms with E-state index in [1.54, 1.807) is 12.4 Å². The maximum absolute atomic E-state index is 4.16. The number of nitrogens with zero attached hydrogens (tertiary/aromatic N) is 3. The lowest BCUT2D eigenvalue weighted by Crippen LogP contribution is -2.07. The van der Waals surface area contributed by atoms with Gasteiger partial charge in [-0.3, -0.25) is 4.98 Å². The van der Waals surface area contributed by atoms with E-state index in [4.69, 9.17) is 0 Å². The Balaban J connectivity index is 1.71. The van der Waals surface area contributed by atoms with Crippen LogP contribution in [-0.2, 0) is 6.54 Å². The van der Waals surface area contributed by atoms with Crippen LogP contribution >= 0.6 is 0 Å². The summed E-state index contributed by atoms with van der Waals surface area (Å²) in [7, 11) is 0. The second-order valence-electron chi connectivity index (χ2n) is 5.09. The summed E-state index contributed by atoms with van der Waals surface area (Å²) in [5.41, 5.74) is 3.54. The fourth-order valence-electron chi connectivity index (χ4n) is 2.32. The molecule has 4 nitrogen and oxygen atoms in total. The predicted molar refractivity (Wildman–Crippen MR) is 84.0 cm³/mol. The molecule has 0 aliphatic carbocycles. The van der Waals surface area contributed by atoms with Gasteiger partial charge in [0.25, 0.3) is 0 Å². The van der Waals surface area contributed by atoms with E-state index in [9.17, 15) is 0 Å². The zero-order valence-corrected chi connectivity index (χ0v) is 12.0. The van der Waals surface area contributed by atoms with Crippen LogP contribution in [-0.4, -0.2) is 14.5 Å². The van der Waals surface area contributed by atoms with E-state index in [0.717, 1.165) is 12.2 Å². The predicted octanol–water partition coefficient (Wildman–Crippen LogP) is 3.50. The van der Waals surface area contributed by atoms with Gasteiger partial charge in [-0.1, -0.05) is 18.2 Å². The van der Waals surface area contributed by atoms with Crippen LogP contribution in [0.25, 0.3) is 0 Å². The van der Waals surface area contributed by atoms with Crippen molar-refractivity contribution in [3.63, 3.8) is 0 Å². The van der Waals surface area contributed by atoms with Crippen LogP contribution in [0.3, 0.4) is 0 Å². The van der Waals surface area contributed by atoms with Crippen molar-refractivity contribution in [2.24, 2.45) is 0 Å². The van der Waals surface area contributed by atoms with Gasteiger partial charge in [-0.05, 0) is 36.2 Å². The summed E-state index contributed by atoms with van der Waals surface area (Å²) in [4.78, 5) is 8.23. The molecule has 0 spiro atoms. The normalized spacial score (nSPS) is 12.0. The lowest BCUT2D eigenvalue weighted by molar-refractivity contribution is 0.796. The quantitative estimate of drug-likeness (QED) is 0.776. The summed E-state index contributed by atoms with van der Waals surface area (Å²) in [5.74, 6) is 0. The van der Waals surface area contributed by atoms with Gasteiger partial charge < -0.3 is 9.88 Å². The largest absolute Gasteiger partial charge is 0.378 e. The molecule has 0 bridgehead atoms. The Kier molecular flexibility index (Phi) is 3.96. The molecule has 106 valence electrons. The molecule has 2 heterocycles. The van der Waals surface area contributed by atoms with Crippen molar-refractivity contribution in [3.8, 4) is 0 Å². The van der Waals surface area contributed by atoms with Crippen molar-refractivity contribution in [2.45, 2.75) is 19.5 Å². The average Bonchev–Trinajstić information content (AvgIpc) is 3.01. The topological polar surface area (TPSA) is 42.7 Å². The molecule has 0 fully saturated rings. The maximum atomic E-state index is 4.16. The molecule has 0 aliphatic rings. The van der Waals surface area contributed by atoms with Gasteiger partial charge in [0.2, 0.25) is 0 Å². The minimum absolute atomic E-state index is 0.224. The van der Waals surface area contributed by atoms with Gasteiger partial charge in [0, 0.05) is 37.0 Å². The first-order valence-electron chi connectivity index (χ1n) is 7.02. The fraction of sp³-hybridized carbons (Fsp3) is 0.176. The number of hydrogen-bond donors (Lipinski definition) is 1. The van der Waals surface area contributed by atoms with Crippen molar-refractivity contribution in [1.82, 2.24) is 14.5 Å². The Morgan fingerprint density at radius 3 is 2.86 bits per heavy atom. The summed E-state index contributed by atoms with van der Waals surface area (Å²) >= 11 is 0. The van der Waals surface area contributed by atoms with Crippen LogP contribution in [0, 0.1) is 0 Å². The van der Waals surface area contributed by atoms with E-state index in [1.807, 2.05) is 24.8 Å². The first-order valence-corrected chi connectivity index (χ1v) is 7.02. The molecular formula is C17H18N4. The lowest BCUT2D eigenvalue weighted by atomic mass is 10.1. The molecule has 0 aliphatic heterocycles. The highest BCUT2D eigenvalue weighted by atomic mass is 15.0. The molecular weight excluding hydrogens is 260 g/mol. The van der Waals surface area contributed by atoms with Crippen molar-refractivity contribution >= 4 is 5.69 Å². The highest BCUT2D eigenvalue weighted by Crippen LogP contribution is 2.19. The molecule has 0 amide bonds. The highest BCUT2D eigenvalue weighted by Gasteiger charge is 2.05. The van der Waals surface area contributed by atoms with Gasteiger partial charge in [-0.2, -0.15) is 0 Å². The molecule has 1 N–H and O–H groups in total. The van der Waals surface area contributed by atoms with E-state index in [2.05, 4.69) is 57.1 Å². The maximum Gasteiger partial charge on any atom is 0.0949 e. The second kappa shape index (κ2) is 6.22. The van der Waals surface area contributed by atoms with Crippen LogP contribution in [0.1, 0.15) is 24.1 Å². The molecule has 1 unspecified atom stereocenters. The third-order valence-electron chi connectivity index (χ3n) is 3.42. The number of pyridine rings is 1. The number of hydrogen-bond acceptors (Lipinski definition) is 3. The van der Waals surface area contributed by atoms with E-state index in [1.165, 1.54) is 11.1 Å². The monoisotopic (exact) mass is 278 g/mol. The molecule has 0 saturated heterocycles. The van der Waals surface area contributed by atoms with E-state index < -0.39 is 0 Å². The van der Waals surface area contributed by atoms with Crippen molar-refractivity contribution in [2.75, 3.05) is 5.32 Å². The van der Waals surface area contributed by atoms with Crippen molar-refractivity contribution < 1.29 is 0 Å². The number of rotatable bonds is 5. The zero-order chi connectivity index (χ0) is 14.5. The lowest BCUT2D eigenvalue weighted by Gasteiger charge is -2.16. The molecule has 1 aromatic carbocycles. The first kappa shape index (κ1) is 13.4. The van der Waals surface area contributed by atoms with Crippen LogP contribution in [0.5, 0.6) is 0 Å². The van der Waals surface area contributed by atoms with Crippen LogP contribution in [0.2, 0.25) is 0 Å². The fourth-order valence-corrected chi connectivity index (χ4v) is 2.32. The number of benzene rings is 1. The summed E-state index contributed by atoms with van der Waals surface area (Å²) in [6.45, 7) is 2.97. The third kappa shape index (κ3) is 3.48. The van der Waals surface area contributed by atoms with Gasteiger partial charge in [-0.15, -0.1) is 0 Å². The molecule has 1 atom stereocenters. The summed E-state index contributed by atoms with van der Waals surface area (Å²) in [5, 5.41) is 3.51. The molecule has 0 radical (unpaired) electrons. The van der Waals surface area contributed by atoms with Gasteiger partial charge in [-0.25, -0.2) is 4.98 Å². The summed E-state index contributed by atoms with van der Waals surface area (Å²) < 4.78 is 2.06. The zero-order valence-electron chi connectivity index (χ0n) is 12.0. The average molecular weight is 278 g/mol. The Hall–Kier alpha value is -2.62. The molecule has 2 aromatic heterocycles. The second-order valence-corrected chi connectivity index (χ2v) is 5.09. The Labute approximate surface area is 124 Å². The van der Waals surface area contributed by atoms with E-state index >= 15 is 0 Å². The standard InChI is InChI=1S/C17H18N4/c1-14(16-5-3-7-18-11-16)20-17-6-2-4-15(10-17)12-21-9-8-19-13-21/h2-11,13-14,20H,12H2,1H3. The molecule has 0 saturated carbocycles. The highest BCUT2D eigenvalue weighted by molar-refractivity contribution is 5.47. The van der Waals surface area contributed by atoms with Crippen LogP contribution in [0.4, 0.5) is 5.69 Å². The number of anilines is 1. The van der Waals surface area contributed by atoms with E-state index in [-0.39, 0.29) is 6.04 Å². The van der Waals surface area contributed by atoms with Gasteiger partial charge in [0.1, 0.15) is 0 Å². The molecule has 3 rings (SSSR count). The van der Waals surface area contributed by atoms with Crippen LogP contribution < -0.4 is 5.32 Å². The van der Waals surface area contributed by atoms with Gasteiger partial charge >= 0.3 is 0 Å². The smallest absolute Gasteiger partial charge is 0.0949 e. The summed E-state index contributed by atoms with van der Waals surface area (Å²) in [6.07, 6.45) is 9.29. The Morgan fingerprint density at radius 1 is 1.14 bits per heavy atom. The van der Waals surface area contributed by atoms with Crippen molar-refractivity contribution in [3.05, 3.63) is 78.6 Å². The Morgan fingerprint density at radius 2 is 2.10 bits per heavy atom. The van der Waals surface area contributed by atoms with Crippen molar-refractivity contribution in [1.29, 1.82) is 0 Å².